The van der Waals surface area contributed by atoms with E-state index in [-0.39, 0.29) is 0 Å². The van der Waals surface area contributed by atoms with E-state index in [1.54, 1.807) is 0 Å². The Morgan fingerprint density at radius 3 is 2.39 bits per heavy atom. The van der Waals surface area contributed by atoms with Crippen molar-refractivity contribution in [3.05, 3.63) is 39.4 Å². The van der Waals surface area contributed by atoms with Gasteiger partial charge in [0.15, 0.2) is 0 Å². The summed E-state index contributed by atoms with van der Waals surface area (Å²) in [7, 11) is 0. The van der Waals surface area contributed by atoms with Crippen molar-refractivity contribution in [3.8, 4) is 0 Å². The summed E-state index contributed by atoms with van der Waals surface area (Å²) >= 11 is 3.60. The molecule has 1 N–H and O–H groups in total. The topological polar surface area (TPSA) is 80.4 Å². The van der Waals surface area contributed by atoms with Gasteiger partial charge in [-0.3, -0.25) is 14.9 Å². The molecule has 0 aliphatic carbocycles. The molecule has 0 radical (unpaired) electrons. The van der Waals surface area contributed by atoms with Crippen LogP contribution in [0.5, 0.6) is 0 Å². The molecule has 0 bridgehead atoms. The lowest BCUT2D eigenvalue weighted by atomic mass is 10.1. The van der Waals surface area contributed by atoms with Gasteiger partial charge in [-0.15, -0.1) is 0 Å². The van der Waals surface area contributed by atoms with Crippen molar-refractivity contribution in [2.75, 3.05) is 0 Å². The molecule has 1 aromatic carbocycles. The first kappa shape index (κ1) is 14.3. The van der Waals surface area contributed by atoms with Gasteiger partial charge in [-0.05, 0) is 12.1 Å². The van der Waals surface area contributed by atoms with Gasteiger partial charge in [-0.1, -0.05) is 0 Å². The molecular formula is C9H6F3NO4S. The maximum Gasteiger partial charge on any atom is 0.416 e. The van der Waals surface area contributed by atoms with E-state index in [0.29, 0.717) is 12.1 Å². The molecule has 1 aromatic rings. The molecule has 98 valence electrons. The lowest BCUT2D eigenvalue weighted by Gasteiger charge is -2.10. The normalized spacial score (nSPS) is 13.1. The van der Waals surface area contributed by atoms with Crippen LogP contribution < -0.4 is 0 Å². The lowest BCUT2D eigenvalue weighted by Crippen LogP contribution is -2.11. The third kappa shape index (κ3) is 2.92. The van der Waals surface area contributed by atoms with Gasteiger partial charge in [0.25, 0.3) is 5.69 Å². The van der Waals surface area contributed by atoms with Gasteiger partial charge in [0.1, 0.15) is 5.25 Å². The number of nitrogens with zero attached hydrogens (tertiary/aromatic N) is 1. The first-order valence-electron chi connectivity index (χ1n) is 4.41. The van der Waals surface area contributed by atoms with Crippen LogP contribution >= 0.6 is 12.6 Å². The molecule has 0 saturated carbocycles. The number of thiol groups is 1. The highest BCUT2D eigenvalue weighted by Gasteiger charge is 2.34. The highest BCUT2D eigenvalue weighted by molar-refractivity contribution is 7.81. The monoisotopic (exact) mass is 281 g/mol. The molecule has 0 aliphatic heterocycles. The number of aliphatic carboxylic acids is 1. The summed E-state index contributed by atoms with van der Waals surface area (Å²) < 4.78 is 37.1. The quantitative estimate of drug-likeness (QED) is 0.507. The summed E-state index contributed by atoms with van der Waals surface area (Å²) in [5, 5.41) is 17.7. The Morgan fingerprint density at radius 2 is 2.00 bits per heavy atom. The summed E-state index contributed by atoms with van der Waals surface area (Å²) in [5.74, 6) is -1.49. The summed E-state index contributed by atoms with van der Waals surface area (Å²) in [6.07, 6.45) is -4.74. The minimum Gasteiger partial charge on any atom is -0.480 e. The van der Waals surface area contributed by atoms with Crippen LogP contribution in [0.2, 0.25) is 0 Å². The third-order valence-corrected chi connectivity index (χ3v) is 2.58. The predicted octanol–water partition coefficient (Wildman–Crippen LogP) is 2.67. The van der Waals surface area contributed by atoms with Crippen LogP contribution in [0.1, 0.15) is 16.4 Å². The number of carboxylic acid groups (broad SMARTS) is 1. The fourth-order valence-corrected chi connectivity index (χ4v) is 1.46. The van der Waals surface area contributed by atoms with Crippen molar-refractivity contribution in [3.63, 3.8) is 0 Å². The van der Waals surface area contributed by atoms with Gasteiger partial charge < -0.3 is 5.11 Å². The number of alkyl halides is 3. The van der Waals surface area contributed by atoms with Gasteiger partial charge in [0.2, 0.25) is 0 Å². The Bertz CT molecular complexity index is 503. The van der Waals surface area contributed by atoms with E-state index in [2.05, 4.69) is 12.6 Å². The molecule has 1 rings (SSSR count). The molecule has 0 aromatic heterocycles. The summed E-state index contributed by atoms with van der Waals surface area (Å²) in [6, 6.07) is 1.61. The summed E-state index contributed by atoms with van der Waals surface area (Å²) in [5.41, 5.74) is -2.54. The molecular weight excluding hydrogens is 275 g/mol. The molecule has 0 spiro atoms. The van der Waals surface area contributed by atoms with Gasteiger partial charge in [-0.25, -0.2) is 0 Å². The van der Waals surface area contributed by atoms with Gasteiger partial charge in [0, 0.05) is 6.07 Å². The highest BCUT2D eigenvalue weighted by Crippen LogP contribution is 2.36. The number of carbonyl (C=O) groups is 1. The van der Waals surface area contributed by atoms with Crippen LogP contribution in [0, 0.1) is 10.1 Å². The largest absolute Gasteiger partial charge is 0.480 e. The number of benzene rings is 1. The number of rotatable bonds is 3. The van der Waals surface area contributed by atoms with E-state index in [9.17, 15) is 28.1 Å². The second-order valence-electron chi connectivity index (χ2n) is 3.27. The van der Waals surface area contributed by atoms with Crippen molar-refractivity contribution >= 4 is 24.3 Å². The number of hydrogen-bond donors (Lipinski definition) is 2. The smallest absolute Gasteiger partial charge is 0.416 e. The van der Waals surface area contributed by atoms with Gasteiger partial charge in [0.05, 0.1) is 16.1 Å². The van der Waals surface area contributed by atoms with Crippen LogP contribution in [0.15, 0.2) is 18.2 Å². The first-order chi connectivity index (χ1) is 8.14. The SMILES string of the molecule is O=C(O)[C@H](S)c1ccc(C(F)(F)F)cc1[N+](=O)[O-]. The number of nitro groups is 1. The van der Waals surface area contributed by atoms with E-state index < -0.39 is 39.1 Å². The summed E-state index contributed by atoms with van der Waals surface area (Å²) in [4.78, 5) is 20.2. The molecule has 0 heterocycles. The standard InChI is InChI=1S/C9H6F3NO4S/c10-9(11,12)4-1-2-5(7(18)8(14)15)6(3-4)13(16)17/h1-3,7,18H,(H,14,15)/t7-/m1/s1. The number of nitro benzene ring substituents is 1. The summed E-state index contributed by atoms with van der Waals surface area (Å²) in [6.45, 7) is 0. The average Bonchev–Trinajstić information content (AvgIpc) is 2.25. The fraction of sp³-hybridized carbons (Fsp3) is 0.222. The zero-order chi connectivity index (χ0) is 14.1. The van der Waals surface area contributed by atoms with Crippen LogP contribution in [-0.2, 0) is 11.0 Å². The second-order valence-corrected chi connectivity index (χ2v) is 3.79. The molecule has 0 fully saturated rings. The molecule has 0 unspecified atom stereocenters. The zero-order valence-corrected chi connectivity index (χ0v) is 9.40. The Balaban J connectivity index is 3.39. The minimum absolute atomic E-state index is 0.293. The molecule has 5 nitrogen and oxygen atoms in total. The third-order valence-electron chi connectivity index (χ3n) is 2.08. The lowest BCUT2D eigenvalue weighted by molar-refractivity contribution is -0.385. The minimum atomic E-state index is -4.74. The van der Waals surface area contributed by atoms with E-state index in [4.69, 9.17) is 5.11 Å². The Labute approximate surface area is 104 Å². The molecule has 0 amide bonds. The second kappa shape index (κ2) is 4.84. The maximum atomic E-state index is 12.4. The van der Waals surface area contributed by atoms with E-state index >= 15 is 0 Å². The van der Waals surface area contributed by atoms with Crippen molar-refractivity contribution in [1.29, 1.82) is 0 Å². The van der Waals surface area contributed by atoms with Crippen LogP contribution in [0.25, 0.3) is 0 Å². The van der Waals surface area contributed by atoms with Gasteiger partial charge >= 0.3 is 12.1 Å². The first-order valence-corrected chi connectivity index (χ1v) is 4.92. The van der Waals surface area contributed by atoms with Crippen LogP contribution in [-0.4, -0.2) is 16.0 Å². The maximum absolute atomic E-state index is 12.4. The molecule has 0 saturated heterocycles. The van der Waals surface area contributed by atoms with Gasteiger partial charge in [-0.2, -0.15) is 25.8 Å². The Morgan fingerprint density at radius 1 is 1.44 bits per heavy atom. The molecule has 1 atom stereocenters. The van der Waals surface area contributed by atoms with Crippen LogP contribution in [0.3, 0.4) is 0 Å². The molecule has 18 heavy (non-hydrogen) atoms. The van der Waals surface area contributed by atoms with E-state index in [1.165, 1.54) is 0 Å². The fourth-order valence-electron chi connectivity index (χ4n) is 1.24. The van der Waals surface area contributed by atoms with Crippen molar-refractivity contribution in [2.24, 2.45) is 0 Å². The molecule has 0 aliphatic rings. The van der Waals surface area contributed by atoms with Crippen molar-refractivity contribution < 1.29 is 28.0 Å². The van der Waals surface area contributed by atoms with Crippen molar-refractivity contribution in [2.45, 2.75) is 11.4 Å². The number of hydrogen-bond acceptors (Lipinski definition) is 4. The molecule has 9 heteroatoms. The van der Waals surface area contributed by atoms with E-state index in [0.717, 1.165) is 6.07 Å². The number of halogens is 3. The average molecular weight is 281 g/mol. The Kier molecular flexibility index (Phi) is 3.85. The zero-order valence-electron chi connectivity index (χ0n) is 8.51. The van der Waals surface area contributed by atoms with E-state index in [1.807, 2.05) is 0 Å². The van der Waals surface area contributed by atoms with Crippen molar-refractivity contribution in [1.82, 2.24) is 0 Å². The number of carboxylic acids is 1. The Hall–Kier alpha value is -1.77. The highest BCUT2D eigenvalue weighted by atomic mass is 32.1. The van der Waals surface area contributed by atoms with Crippen LogP contribution in [0.4, 0.5) is 18.9 Å². The predicted molar refractivity (Wildman–Crippen MR) is 57.5 cm³/mol.